The van der Waals surface area contributed by atoms with Crippen LogP contribution < -0.4 is 0 Å². The Balaban J connectivity index is 3.68. The zero-order valence-electron chi connectivity index (χ0n) is 18.8. The van der Waals surface area contributed by atoms with Crippen molar-refractivity contribution >= 4 is 8.56 Å². The lowest BCUT2D eigenvalue weighted by Crippen LogP contribution is -2.39. The number of unbranched alkanes of at least 4 members (excludes halogenated alkanes) is 15. The number of hydrogen-bond donors (Lipinski definition) is 0. The summed E-state index contributed by atoms with van der Waals surface area (Å²) >= 11 is 0. The molecule has 158 valence electrons. The van der Waals surface area contributed by atoms with Crippen molar-refractivity contribution in [1.29, 1.82) is 0 Å². The van der Waals surface area contributed by atoms with Crippen molar-refractivity contribution in [3.8, 4) is 0 Å². The van der Waals surface area contributed by atoms with Crippen molar-refractivity contribution in [2.24, 2.45) is 0 Å². The van der Waals surface area contributed by atoms with Crippen molar-refractivity contribution in [3.63, 3.8) is 0 Å². The first-order valence-corrected chi connectivity index (χ1v) is 14.1. The lowest BCUT2D eigenvalue weighted by atomic mass is 10.1. The zero-order chi connectivity index (χ0) is 19.3. The van der Waals surface area contributed by atoms with E-state index in [0.29, 0.717) is 0 Å². The first-order chi connectivity index (χ1) is 12.7. The summed E-state index contributed by atoms with van der Waals surface area (Å²) in [5.74, 6) is 0. The Kier molecular flexibility index (Phi) is 20.0. The molecule has 0 amide bonds. The summed E-state index contributed by atoms with van der Waals surface area (Å²) < 4.78 is 11.9. The van der Waals surface area contributed by atoms with Crippen LogP contribution in [-0.4, -0.2) is 22.8 Å². The van der Waals surface area contributed by atoms with Crippen molar-refractivity contribution in [2.75, 3.05) is 14.2 Å². The fraction of sp³-hybridized carbons (Fsp3) is 1.00. The second-order valence-electron chi connectivity index (χ2n) is 8.12. The van der Waals surface area contributed by atoms with Crippen LogP contribution in [0.2, 0.25) is 12.1 Å². The van der Waals surface area contributed by atoms with Gasteiger partial charge in [-0.3, -0.25) is 0 Å². The maximum Gasteiger partial charge on any atom is 0.337 e. The molecule has 0 saturated heterocycles. The average molecular weight is 387 g/mol. The molecule has 0 aromatic carbocycles. The SMILES string of the molecule is CCCCCCCCCCC[Si](CCCCCCCCCC)(OC)OC. The van der Waals surface area contributed by atoms with E-state index in [4.69, 9.17) is 8.85 Å². The molecule has 0 aliphatic heterocycles. The highest BCUT2D eigenvalue weighted by Gasteiger charge is 2.33. The van der Waals surface area contributed by atoms with Crippen molar-refractivity contribution in [2.45, 2.75) is 135 Å². The molecule has 0 atom stereocenters. The van der Waals surface area contributed by atoms with E-state index >= 15 is 0 Å². The summed E-state index contributed by atoms with van der Waals surface area (Å²) in [7, 11) is 1.86. The van der Waals surface area contributed by atoms with Gasteiger partial charge in [-0.1, -0.05) is 123 Å². The molecule has 3 heteroatoms. The molecule has 0 radical (unpaired) electrons. The number of rotatable bonds is 21. The average Bonchev–Trinajstić information content (AvgIpc) is 2.67. The van der Waals surface area contributed by atoms with E-state index in [2.05, 4.69) is 13.8 Å². The summed E-state index contributed by atoms with van der Waals surface area (Å²) in [6.07, 6.45) is 23.5. The van der Waals surface area contributed by atoms with Gasteiger partial charge in [0.05, 0.1) is 0 Å². The molecule has 0 bridgehead atoms. The molecule has 0 aliphatic carbocycles. The van der Waals surface area contributed by atoms with E-state index < -0.39 is 8.56 Å². The Bertz CT molecular complexity index is 267. The third-order valence-corrected chi connectivity index (χ3v) is 9.54. The molecule has 26 heavy (non-hydrogen) atoms. The van der Waals surface area contributed by atoms with Crippen LogP contribution in [0.5, 0.6) is 0 Å². The highest BCUT2D eigenvalue weighted by Crippen LogP contribution is 2.25. The topological polar surface area (TPSA) is 18.5 Å². The largest absolute Gasteiger partial charge is 0.398 e. The van der Waals surface area contributed by atoms with Crippen LogP contribution in [0.3, 0.4) is 0 Å². The maximum absolute atomic E-state index is 5.94. The fourth-order valence-corrected chi connectivity index (χ4v) is 6.66. The van der Waals surface area contributed by atoms with Crippen LogP contribution in [-0.2, 0) is 8.85 Å². The molecule has 0 aromatic rings. The van der Waals surface area contributed by atoms with E-state index in [-0.39, 0.29) is 0 Å². The van der Waals surface area contributed by atoms with E-state index in [1.54, 1.807) is 0 Å². The molecule has 2 nitrogen and oxygen atoms in total. The lowest BCUT2D eigenvalue weighted by molar-refractivity contribution is 0.238. The van der Waals surface area contributed by atoms with E-state index in [1.807, 2.05) is 14.2 Å². The molecule has 0 rings (SSSR count). The lowest BCUT2D eigenvalue weighted by Gasteiger charge is -2.27. The van der Waals surface area contributed by atoms with Gasteiger partial charge in [0.1, 0.15) is 0 Å². The summed E-state index contributed by atoms with van der Waals surface area (Å²) in [5.41, 5.74) is 0. The standard InChI is InChI=1S/C23H50O2Si/c1-5-7-9-11-13-15-17-19-21-23-26(24-3,25-4)22-20-18-16-14-12-10-8-6-2/h5-23H2,1-4H3. The van der Waals surface area contributed by atoms with Gasteiger partial charge >= 0.3 is 8.56 Å². The van der Waals surface area contributed by atoms with Gasteiger partial charge in [0, 0.05) is 14.2 Å². The Morgan fingerprint density at radius 2 is 0.692 bits per heavy atom. The van der Waals surface area contributed by atoms with Gasteiger partial charge in [0.2, 0.25) is 0 Å². The third-order valence-electron chi connectivity index (χ3n) is 5.82. The van der Waals surface area contributed by atoms with Crippen molar-refractivity contribution in [1.82, 2.24) is 0 Å². The zero-order valence-corrected chi connectivity index (χ0v) is 19.8. The first kappa shape index (κ1) is 26.1. The molecular formula is C23H50O2Si. The molecule has 0 heterocycles. The fourth-order valence-electron chi connectivity index (χ4n) is 3.85. The highest BCUT2D eigenvalue weighted by atomic mass is 28.4. The Labute approximate surface area is 167 Å². The molecule has 0 unspecified atom stereocenters. The van der Waals surface area contributed by atoms with Crippen LogP contribution in [0, 0.1) is 0 Å². The smallest absolute Gasteiger partial charge is 0.337 e. The van der Waals surface area contributed by atoms with Crippen molar-refractivity contribution < 1.29 is 8.85 Å². The minimum Gasteiger partial charge on any atom is -0.398 e. The van der Waals surface area contributed by atoms with Crippen LogP contribution in [0.4, 0.5) is 0 Å². The maximum atomic E-state index is 5.94. The van der Waals surface area contributed by atoms with Gasteiger partial charge < -0.3 is 8.85 Å². The van der Waals surface area contributed by atoms with Gasteiger partial charge in [-0.2, -0.15) is 0 Å². The second-order valence-corrected chi connectivity index (χ2v) is 11.8. The summed E-state index contributed by atoms with van der Waals surface area (Å²) in [4.78, 5) is 0. The quantitative estimate of drug-likeness (QED) is 0.146. The summed E-state index contributed by atoms with van der Waals surface area (Å²) in [6, 6.07) is 2.37. The van der Waals surface area contributed by atoms with E-state index in [0.717, 1.165) is 0 Å². The van der Waals surface area contributed by atoms with Crippen LogP contribution >= 0.6 is 0 Å². The van der Waals surface area contributed by atoms with Gasteiger partial charge in [-0.15, -0.1) is 0 Å². The van der Waals surface area contributed by atoms with Gasteiger partial charge in [0.15, 0.2) is 0 Å². The minimum atomic E-state index is -1.91. The molecule has 0 aromatic heterocycles. The molecular weight excluding hydrogens is 336 g/mol. The highest BCUT2D eigenvalue weighted by molar-refractivity contribution is 6.67. The van der Waals surface area contributed by atoms with E-state index in [9.17, 15) is 0 Å². The van der Waals surface area contributed by atoms with Gasteiger partial charge in [-0.25, -0.2) is 0 Å². The normalized spacial score (nSPS) is 12.0. The van der Waals surface area contributed by atoms with Crippen LogP contribution in [0.1, 0.15) is 123 Å². The predicted octanol–water partition coefficient (Wildman–Crippen LogP) is 8.39. The van der Waals surface area contributed by atoms with Gasteiger partial charge in [0.25, 0.3) is 0 Å². The Morgan fingerprint density at radius 1 is 0.423 bits per heavy atom. The molecule has 0 N–H and O–H groups in total. The van der Waals surface area contributed by atoms with Crippen LogP contribution in [0.25, 0.3) is 0 Å². The third kappa shape index (κ3) is 15.2. The molecule has 0 saturated carbocycles. The molecule has 0 spiro atoms. The Morgan fingerprint density at radius 3 is 0.962 bits per heavy atom. The molecule has 0 aliphatic rings. The van der Waals surface area contributed by atoms with Gasteiger partial charge in [-0.05, 0) is 12.1 Å². The minimum absolute atomic E-state index is 1.19. The first-order valence-electron chi connectivity index (χ1n) is 11.8. The van der Waals surface area contributed by atoms with Crippen LogP contribution in [0.15, 0.2) is 0 Å². The summed E-state index contributed by atoms with van der Waals surface area (Å²) in [6.45, 7) is 4.57. The van der Waals surface area contributed by atoms with Crippen molar-refractivity contribution in [3.05, 3.63) is 0 Å². The summed E-state index contributed by atoms with van der Waals surface area (Å²) in [5, 5.41) is 0. The number of hydrogen-bond acceptors (Lipinski definition) is 2. The second kappa shape index (κ2) is 19.9. The Hall–Kier alpha value is 0.137. The molecule has 0 fully saturated rings. The predicted molar refractivity (Wildman–Crippen MR) is 119 cm³/mol. The monoisotopic (exact) mass is 386 g/mol. The van der Waals surface area contributed by atoms with E-state index in [1.165, 1.54) is 121 Å².